The number of carbonyl (C=O) groups is 1. The Morgan fingerprint density at radius 2 is 2.15 bits per heavy atom. The first-order valence-corrected chi connectivity index (χ1v) is 6.67. The molecular weight excluding hydrogens is 252 g/mol. The third kappa shape index (κ3) is 2.56. The molecule has 1 aliphatic heterocycles. The fourth-order valence-corrected chi connectivity index (χ4v) is 2.34. The number of anilines is 1. The van der Waals surface area contributed by atoms with Gasteiger partial charge in [-0.2, -0.15) is 0 Å². The Bertz CT molecular complexity index is 623. The maximum absolute atomic E-state index is 12.3. The Kier molecular flexibility index (Phi) is 3.48. The molecular formula is C16H16N2O2. The van der Waals surface area contributed by atoms with Crippen molar-refractivity contribution in [3.05, 3.63) is 59.3 Å². The lowest BCUT2D eigenvalue weighted by Gasteiger charge is -2.25. The standard InChI is InChI=1S/C16H16N2O2/c1-11-6-7-14(17-10-11)18-16(19)15-13-5-3-2-4-12(13)8-9-20-15/h2-7,10,15H,8-9H2,1H3,(H,17,18,19). The van der Waals surface area contributed by atoms with Crippen LogP contribution in [0.3, 0.4) is 0 Å². The van der Waals surface area contributed by atoms with Crippen LogP contribution in [0.1, 0.15) is 22.8 Å². The number of ether oxygens (including phenoxy) is 1. The second kappa shape index (κ2) is 5.43. The first-order chi connectivity index (χ1) is 9.74. The summed E-state index contributed by atoms with van der Waals surface area (Å²) in [7, 11) is 0. The minimum Gasteiger partial charge on any atom is -0.363 e. The second-order valence-electron chi connectivity index (χ2n) is 4.91. The van der Waals surface area contributed by atoms with Crippen LogP contribution in [0.15, 0.2) is 42.6 Å². The van der Waals surface area contributed by atoms with Crippen LogP contribution in [0, 0.1) is 6.92 Å². The normalized spacial score (nSPS) is 17.4. The predicted molar refractivity (Wildman–Crippen MR) is 76.4 cm³/mol. The van der Waals surface area contributed by atoms with E-state index in [9.17, 15) is 4.79 Å². The van der Waals surface area contributed by atoms with Gasteiger partial charge in [0, 0.05) is 6.20 Å². The van der Waals surface area contributed by atoms with Gasteiger partial charge in [-0.25, -0.2) is 4.98 Å². The molecule has 0 radical (unpaired) electrons. The monoisotopic (exact) mass is 268 g/mol. The van der Waals surface area contributed by atoms with Crippen LogP contribution in [-0.4, -0.2) is 17.5 Å². The van der Waals surface area contributed by atoms with Crippen LogP contribution in [0.25, 0.3) is 0 Å². The molecule has 4 nitrogen and oxygen atoms in total. The van der Waals surface area contributed by atoms with Crippen molar-refractivity contribution in [3.63, 3.8) is 0 Å². The molecule has 0 saturated heterocycles. The molecule has 1 aromatic heterocycles. The van der Waals surface area contributed by atoms with Gasteiger partial charge in [-0.05, 0) is 36.1 Å². The number of amides is 1. The third-order valence-corrected chi connectivity index (χ3v) is 3.39. The van der Waals surface area contributed by atoms with E-state index in [2.05, 4.69) is 10.3 Å². The smallest absolute Gasteiger partial charge is 0.259 e. The summed E-state index contributed by atoms with van der Waals surface area (Å²) < 4.78 is 5.62. The summed E-state index contributed by atoms with van der Waals surface area (Å²) in [5.74, 6) is 0.376. The number of rotatable bonds is 2. The predicted octanol–water partition coefficient (Wildman–Crippen LogP) is 2.64. The number of aryl methyl sites for hydroxylation is 1. The Balaban J connectivity index is 1.80. The van der Waals surface area contributed by atoms with Crippen molar-refractivity contribution in [1.29, 1.82) is 0 Å². The summed E-state index contributed by atoms with van der Waals surface area (Å²) in [5.41, 5.74) is 3.18. The SMILES string of the molecule is Cc1ccc(NC(=O)C2OCCc3ccccc32)nc1. The average Bonchev–Trinajstić information content (AvgIpc) is 2.49. The highest BCUT2D eigenvalue weighted by atomic mass is 16.5. The zero-order chi connectivity index (χ0) is 13.9. The molecule has 1 N–H and O–H groups in total. The highest BCUT2D eigenvalue weighted by Gasteiger charge is 2.27. The van der Waals surface area contributed by atoms with E-state index >= 15 is 0 Å². The van der Waals surface area contributed by atoms with Gasteiger partial charge < -0.3 is 10.1 Å². The zero-order valence-corrected chi connectivity index (χ0v) is 11.3. The average molecular weight is 268 g/mol. The van der Waals surface area contributed by atoms with Crippen LogP contribution in [-0.2, 0) is 16.0 Å². The largest absolute Gasteiger partial charge is 0.363 e. The van der Waals surface area contributed by atoms with Gasteiger partial charge in [0.25, 0.3) is 5.91 Å². The maximum atomic E-state index is 12.3. The number of pyridine rings is 1. The molecule has 2 heterocycles. The number of hydrogen-bond donors (Lipinski definition) is 1. The lowest BCUT2D eigenvalue weighted by Crippen LogP contribution is -2.28. The Labute approximate surface area is 117 Å². The number of carbonyl (C=O) groups excluding carboxylic acids is 1. The van der Waals surface area contributed by atoms with E-state index in [-0.39, 0.29) is 5.91 Å². The van der Waals surface area contributed by atoms with Crippen LogP contribution in [0.5, 0.6) is 0 Å². The Hall–Kier alpha value is -2.20. The van der Waals surface area contributed by atoms with Crippen molar-refractivity contribution < 1.29 is 9.53 Å². The molecule has 0 saturated carbocycles. The lowest BCUT2D eigenvalue weighted by molar-refractivity contribution is -0.128. The molecule has 1 amide bonds. The summed E-state index contributed by atoms with van der Waals surface area (Å²) in [6.07, 6.45) is 2.02. The van der Waals surface area contributed by atoms with Gasteiger partial charge in [-0.15, -0.1) is 0 Å². The van der Waals surface area contributed by atoms with Gasteiger partial charge in [-0.3, -0.25) is 4.79 Å². The molecule has 1 aromatic carbocycles. The van der Waals surface area contributed by atoms with Gasteiger partial charge in [-0.1, -0.05) is 30.3 Å². The van der Waals surface area contributed by atoms with Crippen molar-refractivity contribution in [2.45, 2.75) is 19.4 Å². The molecule has 1 aliphatic rings. The van der Waals surface area contributed by atoms with Gasteiger partial charge in [0.15, 0.2) is 6.10 Å². The van der Waals surface area contributed by atoms with E-state index in [1.165, 1.54) is 5.56 Å². The summed E-state index contributed by atoms with van der Waals surface area (Å²) in [6.45, 7) is 2.52. The minimum atomic E-state index is -0.553. The van der Waals surface area contributed by atoms with Crippen molar-refractivity contribution in [1.82, 2.24) is 4.98 Å². The van der Waals surface area contributed by atoms with E-state index < -0.39 is 6.10 Å². The van der Waals surface area contributed by atoms with Gasteiger partial charge in [0.2, 0.25) is 0 Å². The molecule has 0 aliphatic carbocycles. The first kappa shape index (κ1) is 12.8. The van der Waals surface area contributed by atoms with Crippen molar-refractivity contribution >= 4 is 11.7 Å². The van der Waals surface area contributed by atoms with Crippen molar-refractivity contribution in [2.24, 2.45) is 0 Å². The van der Waals surface area contributed by atoms with Crippen LogP contribution < -0.4 is 5.32 Å². The van der Waals surface area contributed by atoms with Crippen LogP contribution in [0.4, 0.5) is 5.82 Å². The molecule has 0 spiro atoms. The Morgan fingerprint density at radius 1 is 1.30 bits per heavy atom. The lowest BCUT2D eigenvalue weighted by atomic mass is 9.97. The summed E-state index contributed by atoms with van der Waals surface area (Å²) in [6, 6.07) is 11.6. The van der Waals surface area contributed by atoms with E-state index in [1.54, 1.807) is 12.3 Å². The van der Waals surface area contributed by atoms with Gasteiger partial charge in [0.05, 0.1) is 6.61 Å². The summed E-state index contributed by atoms with van der Waals surface area (Å²) in [4.78, 5) is 16.5. The number of benzene rings is 1. The van der Waals surface area contributed by atoms with Gasteiger partial charge >= 0.3 is 0 Å². The van der Waals surface area contributed by atoms with Gasteiger partial charge in [0.1, 0.15) is 5.82 Å². The number of aromatic nitrogens is 1. The molecule has 102 valence electrons. The molecule has 0 bridgehead atoms. The van der Waals surface area contributed by atoms with Crippen molar-refractivity contribution in [2.75, 3.05) is 11.9 Å². The van der Waals surface area contributed by atoms with E-state index in [1.807, 2.05) is 37.3 Å². The Morgan fingerprint density at radius 3 is 2.95 bits per heavy atom. The third-order valence-electron chi connectivity index (χ3n) is 3.39. The first-order valence-electron chi connectivity index (χ1n) is 6.67. The topological polar surface area (TPSA) is 51.2 Å². The highest BCUT2D eigenvalue weighted by molar-refractivity contribution is 5.94. The number of nitrogens with zero attached hydrogens (tertiary/aromatic N) is 1. The second-order valence-corrected chi connectivity index (χ2v) is 4.91. The number of fused-ring (bicyclic) bond motifs is 1. The fourth-order valence-electron chi connectivity index (χ4n) is 2.34. The quantitative estimate of drug-likeness (QED) is 0.911. The molecule has 4 heteroatoms. The van der Waals surface area contributed by atoms with E-state index in [4.69, 9.17) is 4.74 Å². The van der Waals surface area contributed by atoms with Crippen LogP contribution >= 0.6 is 0 Å². The summed E-state index contributed by atoms with van der Waals surface area (Å²) in [5, 5.41) is 2.80. The minimum absolute atomic E-state index is 0.173. The number of hydrogen-bond acceptors (Lipinski definition) is 3. The molecule has 0 fully saturated rings. The molecule has 1 unspecified atom stereocenters. The molecule has 3 rings (SSSR count). The molecule has 20 heavy (non-hydrogen) atoms. The maximum Gasteiger partial charge on any atom is 0.259 e. The summed E-state index contributed by atoms with van der Waals surface area (Å²) >= 11 is 0. The van der Waals surface area contributed by atoms with E-state index in [0.717, 1.165) is 17.5 Å². The molecule has 2 aromatic rings. The number of nitrogens with one attached hydrogen (secondary N) is 1. The molecule has 1 atom stereocenters. The van der Waals surface area contributed by atoms with Crippen molar-refractivity contribution in [3.8, 4) is 0 Å². The van der Waals surface area contributed by atoms with E-state index in [0.29, 0.717) is 12.4 Å². The zero-order valence-electron chi connectivity index (χ0n) is 11.3. The highest BCUT2D eigenvalue weighted by Crippen LogP contribution is 2.27. The van der Waals surface area contributed by atoms with Crippen LogP contribution in [0.2, 0.25) is 0 Å². The fraction of sp³-hybridized carbons (Fsp3) is 0.250.